The highest BCUT2D eigenvalue weighted by Gasteiger charge is 2.08. The molecule has 2 amide bonds. The first-order valence-electron chi connectivity index (χ1n) is 5.95. The van der Waals surface area contributed by atoms with E-state index in [0.717, 1.165) is 5.56 Å². The molecule has 0 bridgehead atoms. The first-order valence-corrected chi connectivity index (χ1v) is 5.95. The Morgan fingerprint density at radius 1 is 1.15 bits per heavy atom. The molecule has 20 heavy (non-hydrogen) atoms. The third-order valence-corrected chi connectivity index (χ3v) is 2.56. The van der Waals surface area contributed by atoms with E-state index in [1.807, 2.05) is 6.07 Å². The average molecular weight is 267 g/mol. The van der Waals surface area contributed by atoms with E-state index >= 15 is 0 Å². The molecule has 100 valence electrons. The summed E-state index contributed by atoms with van der Waals surface area (Å²) in [5.74, 6) is -0.931. The minimum atomic E-state index is -0.586. The van der Waals surface area contributed by atoms with Crippen LogP contribution in [0.3, 0.4) is 0 Å². The Kier molecular flexibility index (Phi) is 4.24. The van der Waals surface area contributed by atoms with E-state index in [0.29, 0.717) is 5.69 Å². The van der Waals surface area contributed by atoms with Crippen LogP contribution in [-0.4, -0.2) is 16.8 Å². The molecule has 1 aromatic heterocycles. The van der Waals surface area contributed by atoms with Crippen molar-refractivity contribution >= 4 is 23.6 Å². The van der Waals surface area contributed by atoms with Crippen LogP contribution in [0.15, 0.2) is 54.9 Å². The number of hydrogen-bond donors (Lipinski definition) is 2. The third kappa shape index (κ3) is 3.52. The van der Waals surface area contributed by atoms with E-state index in [1.165, 1.54) is 6.08 Å². The molecular weight excluding hydrogens is 254 g/mol. The van der Waals surface area contributed by atoms with Crippen molar-refractivity contribution in [2.75, 3.05) is 5.32 Å². The maximum absolute atomic E-state index is 11.8. The van der Waals surface area contributed by atoms with Gasteiger partial charge in [-0.15, -0.1) is 0 Å². The summed E-state index contributed by atoms with van der Waals surface area (Å²) < 4.78 is 0. The van der Waals surface area contributed by atoms with Gasteiger partial charge in [0, 0.05) is 18.5 Å². The molecule has 5 heteroatoms. The molecule has 2 rings (SSSR count). The molecule has 0 unspecified atom stereocenters. The van der Waals surface area contributed by atoms with E-state index in [4.69, 9.17) is 5.73 Å². The lowest BCUT2D eigenvalue weighted by Crippen LogP contribution is -2.16. The summed E-state index contributed by atoms with van der Waals surface area (Å²) in [5, 5.41) is 2.62. The van der Waals surface area contributed by atoms with E-state index in [1.54, 1.807) is 48.8 Å². The smallest absolute Gasteiger partial charge is 0.250 e. The number of aromatic nitrogens is 1. The van der Waals surface area contributed by atoms with Gasteiger partial charge < -0.3 is 11.1 Å². The number of anilines is 1. The van der Waals surface area contributed by atoms with Crippen molar-refractivity contribution in [3.05, 3.63) is 66.0 Å². The Labute approximate surface area is 116 Å². The second-order valence-corrected chi connectivity index (χ2v) is 4.02. The molecule has 0 fully saturated rings. The standard InChI is InChI=1S/C15H13N3O2/c16-15(20)12-5-1-2-6-13(12)18-14(19)8-7-11-4-3-9-17-10-11/h1-10H,(H2,16,20)(H,18,19). The summed E-state index contributed by atoms with van der Waals surface area (Å²) in [4.78, 5) is 27.0. The molecule has 0 radical (unpaired) electrons. The van der Waals surface area contributed by atoms with E-state index in [-0.39, 0.29) is 11.5 Å². The van der Waals surface area contributed by atoms with Gasteiger partial charge in [-0.1, -0.05) is 18.2 Å². The van der Waals surface area contributed by atoms with Crippen molar-refractivity contribution in [3.63, 3.8) is 0 Å². The normalized spacial score (nSPS) is 10.4. The number of nitrogens with zero attached hydrogens (tertiary/aromatic N) is 1. The molecule has 5 nitrogen and oxygen atoms in total. The predicted octanol–water partition coefficient (Wildman–Crippen LogP) is 1.83. The lowest BCUT2D eigenvalue weighted by molar-refractivity contribution is -0.111. The van der Waals surface area contributed by atoms with Crippen LogP contribution in [0.4, 0.5) is 5.69 Å². The lowest BCUT2D eigenvalue weighted by atomic mass is 10.1. The summed E-state index contributed by atoms with van der Waals surface area (Å²) >= 11 is 0. The Morgan fingerprint density at radius 2 is 1.95 bits per heavy atom. The van der Waals surface area contributed by atoms with Gasteiger partial charge in [0.15, 0.2) is 0 Å². The van der Waals surface area contributed by atoms with Crippen molar-refractivity contribution in [2.45, 2.75) is 0 Å². The second-order valence-electron chi connectivity index (χ2n) is 4.02. The van der Waals surface area contributed by atoms with Crippen LogP contribution in [0.2, 0.25) is 0 Å². The first-order chi connectivity index (χ1) is 9.66. The summed E-state index contributed by atoms with van der Waals surface area (Å²) in [5.41, 5.74) is 6.71. The molecular formula is C15H13N3O2. The number of amides is 2. The van der Waals surface area contributed by atoms with Gasteiger partial charge in [-0.05, 0) is 29.8 Å². The van der Waals surface area contributed by atoms with Crippen LogP contribution in [0.5, 0.6) is 0 Å². The van der Waals surface area contributed by atoms with Crippen LogP contribution in [0.1, 0.15) is 15.9 Å². The number of carbonyl (C=O) groups is 2. The van der Waals surface area contributed by atoms with Crippen LogP contribution in [0.25, 0.3) is 6.08 Å². The zero-order chi connectivity index (χ0) is 14.4. The zero-order valence-corrected chi connectivity index (χ0v) is 10.6. The van der Waals surface area contributed by atoms with E-state index in [2.05, 4.69) is 10.3 Å². The number of hydrogen-bond acceptors (Lipinski definition) is 3. The minimum Gasteiger partial charge on any atom is -0.366 e. The van der Waals surface area contributed by atoms with Crippen molar-refractivity contribution < 1.29 is 9.59 Å². The fraction of sp³-hybridized carbons (Fsp3) is 0. The Hall–Kier alpha value is -2.95. The number of pyridine rings is 1. The fourth-order valence-electron chi connectivity index (χ4n) is 1.63. The quantitative estimate of drug-likeness (QED) is 0.829. The minimum absolute atomic E-state index is 0.274. The van der Waals surface area contributed by atoms with Crippen LogP contribution in [-0.2, 0) is 4.79 Å². The molecule has 0 aliphatic carbocycles. The number of nitrogens with one attached hydrogen (secondary N) is 1. The van der Waals surface area contributed by atoms with Crippen LogP contribution < -0.4 is 11.1 Å². The number of benzene rings is 1. The third-order valence-electron chi connectivity index (χ3n) is 2.56. The Morgan fingerprint density at radius 3 is 2.65 bits per heavy atom. The van der Waals surface area contributed by atoms with Gasteiger partial charge in [0.1, 0.15) is 0 Å². The molecule has 0 saturated heterocycles. The summed E-state index contributed by atoms with van der Waals surface area (Å²) in [6, 6.07) is 10.2. The Balaban J connectivity index is 2.09. The van der Waals surface area contributed by atoms with Crippen LogP contribution >= 0.6 is 0 Å². The van der Waals surface area contributed by atoms with Gasteiger partial charge in [0.05, 0.1) is 11.3 Å². The highest BCUT2D eigenvalue weighted by Crippen LogP contribution is 2.14. The first kappa shape index (κ1) is 13.5. The lowest BCUT2D eigenvalue weighted by Gasteiger charge is -2.06. The molecule has 0 spiro atoms. The SMILES string of the molecule is NC(=O)c1ccccc1NC(=O)C=Cc1cccnc1. The van der Waals surface area contributed by atoms with Crippen molar-refractivity contribution in [3.8, 4) is 0 Å². The van der Waals surface area contributed by atoms with Crippen LogP contribution in [0, 0.1) is 0 Å². The number of para-hydroxylation sites is 1. The zero-order valence-electron chi connectivity index (χ0n) is 10.6. The maximum Gasteiger partial charge on any atom is 0.250 e. The highest BCUT2D eigenvalue weighted by molar-refractivity contribution is 6.07. The molecule has 0 aliphatic rings. The van der Waals surface area contributed by atoms with Gasteiger partial charge in [-0.3, -0.25) is 14.6 Å². The van der Waals surface area contributed by atoms with Gasteiger partial charge >= 0.3 is 0 Å². The summed E-state index contributed by atoms with van der Waals surface area (Å²) in [6.45, 7) is 0. The highest BCUT2D eigenvalue weighted by atomic mass is 16.2. The summed E-state index contributed by atoms with van der Waals surface area (Å²) in [7, 11) is 0. The number of primary amides is 1. The molecule has 0 aliphatic heterocycles. The molecule has 2 aromatic rings. The molecule has 0 atom stereocenters. The largest absolute Gasteiger partial charge is 0.366 e. The van der Waals surface area contributed by atoms with Gasteiger partial charge in [0.2, 0.25) is 5.91 Å². The molecule has 3 N–H and O–H groups in total. The van der Waals surface area contributed by atoms with E-state index in [9.17, 15) is 9.59 Å². The monoisotopic (exact) mass is 267 g/mol. The Bertz CT molecular complexity index is 651. The molecule has 1 heterocycles. The number of carbonyl (C=O) groups excluding carboxylic acids is 2. The molecule has 1 aromatic carbocycles. The van der Waals surface area contributed by atoms with Gasteiger partial charge in [-0.25, -0.2) is 0 Å². The predicted molar refractivity (Wildman–Crippen MR) is 76.9 cm³/mol. The topological polar surface area (TPSA) is 85.1 Å². The molecule has 0 saturated carbocycles. The number of rotatable bonds is 4. The van der Waals surface area contributed by atoms with Crippen molar-refractivity contribution in [1.29, 1.82) is 0 Å². The van der Waals surface area contributed by atoms with Gasteiger partial charge in [-0.2, -0.15) is 0 Å². The fourth-order valence-corrected chi connectivity index (χ4v) is 1.63. The second kappa shape index (κ2) is 6.29. The number of nitrogens with two attached hydrogens (primary N) is 1. The average Bonchev–Trinajstić information content (AvgIpc) is 2.46. The van der Waals surface area contributed by atoms with Crippen molar-refractivity contribution in [1.82, 2.24) is 4.98 Å². The maximum atomic E-state index is 11.8. The van der Waals surface area contributed by atoms with Gasteiger partial charge in [0.25, 0.3) is 5.91 Å². The van der Waals surface area contributed by atoms with Crippen molar-refractivity contribution in [2.24, 2.45) is 5.73 Å². The van der Waals surface area contributed by atoms with E-state index < -0.39 is 5.91 Å². The summed E-state index contributed by atoms with van der Waals surface area (Å²) in [6.07, 6.45) is 6.30.